The predicted octanol–water partition coefficient (Wildman–Crippen LogP) is 2.50. The molecule has 0 saturated carbocycles. The summed E-state index contributed by atoms with van der Waals surface area (Å²) in [5.41, 5.74) is 4.43. The van der Waals surface area contributed by atoms with Crippen molar-refractivity contribution in [1.82, 2.24) is 14.8 Å². The van der Waals surface area contributed by atoms with Gasteiger partial charge in [-0.2, -0.15) is 0 Å². The fraction of sp³-hybridized carbons (Fsp3) is 0.167. The summed E-state index contributed by atoms with van der Waals surface area (Å²) in [6.07, 6.45) is 0. The van der Waals surface area contributed by atoms with E-state index in [1.165, 1.54) is 10.9 Å². The van der Waals surface area contributed by atoms with Crippen molar-refractivity contribution >= 4 is 16.4 Å². The lowest BCUT2D eigenvalue weighted by Crippen LogP contribution is -1.92. The maximum absolute atomic E-state index is 4.17. The van der Waals surface area contributed by atoms with Crippen LogP contribution in [0, 0.1) is 13.8 Å². The molecule has 0 spiro atoms. The van der Waals surface area contributed by atoms with Crippen LogP contribution in [-0.2, 0) is 0 Å². The number of nitrogens with zero attached hydrogens (tertiary/aromatic N) is 3. The molecule has 3 nitrogen and oxygen atoms in total. The van der Waals surface area contributed by atoms with Gasteiger partial charge >= 0.3 is 0 Å². The summed E-state index contributed by atoms with van der Waals surface area (Å²) in [5, 5.41) is 9.48. The zero-order valence-corrected chi connectivity index (χ0v) is 8.73. The summed E-state index contributed by atoms with van der Waals surface area (Å²) >= 11 is 0. The van der Waals surface area contributed by atoms with Gasteiger partial charge in [-0.1, -0.05) is 29.5 Å². The SMILES string of the molecule is Cc1nnn2c1ccc1cccc(C)c12. The highest BCUT2D eigenvalue weighted by atomic mass is 15.4. The molecule has 0 bridgehead atoms. The minimum Gasteiger partial charge on any atom is -0.212 e. The summed E-state index contributed by atoms with van der Waals surface area (Å²) in [6.45, 7) is 4.07. The molecule has 3 rings (SSSR count). The van der Waals surface area contributed by atoms with Crippen molar-refractivity contribution in [2.75, 3.05) is 0 Å². The normalized spacial score (nSPS) is 11.3. The molecule has 0 amide bonds. The largest absolute Gasteiger partial charge is 0.212 e. The van der Waals surface area contributed by atoms with E-state index in [1.807, 2.05) is 11.4 Å². The molecule has 15 heavy (non-hydrogen) atoms. The van der Waals surface area contributed by atoms with Crippen LogP contribution in [0.5, 0.6) is 0 Å². The molecule has 0 aliphatic carbocycles. The summed E-state index contributed by atoms with van der Waals surface area (Å²) in [5.74, 6) is 0. The van der Waals surface area contributed by atoms with Crippen molar-refractivity contribution in [3.63, 3.8) is 0 Å². The third-order valence-electron chi connectivity index (χ3n) is 2.78. The highest BCUT2D eigenvalue weighted by molar-refractivity contribution is 5.85. The molecule has 0 saturated heterocycles. The Balaban J connectivity index is 2.64. The third-order valence-corrected chi connectivity index (χ3v) is 2.78. The van der Waals surface area contributed by atoms with Crippen LogP contribution in [-0.4, -0.2) is 14.8 Å². The monoisotopic (exact) mass is 197 g/mol. The van der Waals surface area contributed by atoms with Gasteiger partial charge in [0.15, 0.2) is 0 Å². The topological polar surface area (TPSA) is 30.2 Å². The zero-order valence-electron chi connectivity index (χ0n) is 8.73. The number of para-hydroxylation sites is 1. The van der Waals surface area contributed by atoms with Crippen LogP contribution in [0.15, 0.2) is 30.3 Å². The van der Waals surface area contributed by atoms with Crippen LogP contribution < -0.4 is 0 Å². The van der Waals surface area contributed by atoms with Crippen LogP contribution in [0.25, 0.3) is 16.4 Å². The molecule has 0 aliphatic rings. The van der Waals surface area contributed by atoms with Crippen LogP contribution in [0.1, 0.15) is 11.3 Å². The van der Waals surface area contributed by atoms with Gasteiger partial charge in [0.25, 0.3) is 0 Å². The van der Waals surface area contributed by atoms with Crippen molar-refractivity contribution in [2.45, 2.75) is 13.8 Å². The number of hydrogen-bond acceptors (Lipinski definition) is 2. The summed E-state index contributed by atoms with van der Waals surface area (Å²) < 4.78 is 1.92. The molecule has 74 valence electrons. The number of hydrogen-bond donors (Lipinski definition) is 0. The maximum atomic E-state index is 4.17. The van der Waals surface area contributed by atoms with Gasteiger partial charge in [-0.15, -0.1) is 5.10 Å². The Bertz CT molecular complexity index is 652. The molecule has 2 heterocycles. The highest BCUT2D eigenvalue weighted by Crippen LogP contribution is 2.20. The highest BCUT2D eigenvalue weighted by Gasteiger charge is 2.06. The van der Waals surface area contributed by atoms with Gasteiger partial charge < -0.3 is 0 Å². The number of fused-ring (bicyclic) bond motifs is 3. The lowest BCUT2D eigenvalue weighted by atomic mass is 10.1. The molecule has 0 aliphatic heterocycles. The lowest BCUT2D eigenvalue weighted by molar-refractivity contribution is 0.872. The third kappa shape index (κ3) is 1.06. The Morgan fingerprint density at radius 2 is 1.93 bits per heavy atom. The van der Waals surface area contributed by atoms with E-state index in [0.717, 1.165) is 16.7 Å². The van der Waals surface area contributed by atoms with Gasteiger partial charge in [0, 0.05) is 5.39 Å². The fourth-order valence-corrected chi connectivity index (χ4v) is 2.00. The van der Waals surface area contributed by atoms with Gasteiger partial charge in [-0.05, 0) is 25.5 Å². The van der Waals surface area contributed by atoms with Crippen molar-refractivity contribution in [3.05, 3.63) is 41.6 Å². The van der Waals surface area contributed by atoms with E-state index in [4.69, 9.17) is 0 Å². The molecule has 0 radical (unpaired) electrons. The van der Waals surface area contributed by atoms with Crippen LogP contribution >= 0.6 is 0 Å². The molecule has 0 unspecified atom stereocenters. The van der Waals surface area contributed by atoms with E-state index in [2.05, 4.69) is 47.6 Å². The van der Waals surface area contributed by atoms with Gasteiger partial charge in [-0.3, -0.25) is 0 Å². The van der Waals surface area contributed by atoms with Crippen molar-refractivity contribution in [3.8, 4) is 0 Å². The average molecular weight is 197 g/mol. The smallest absolute Gasteiger partial charge is 0.0901 e. The van der Waals surface area contributed by atoms with Crippen LogP contribution in [0.3, 0.4) is 0 Å². The molecular weight excluding hydrogens is 186 g/mol. The Morgan fingerprint density at radius 3 is 2.80 bits per heavy atom. The van der Waals surface area contributed by atoms with E-state index >= 15 is 0 Å². The first-order valence-corrected chi connectivity index (χ1v) is 4.98. The lowest BCUT2D eigenvalue weighted by Gasteiger charge is -2.03. The first-order valence-electron chi connectivity index (χ1n) is 4.98. The zero-order chi connectivity index (χ0) is 10.4. The second-order valence-corrected chi connectivity index (χ2v) is 3.82. The molecule has 2 aromatic heterocycles. The summed E-state index contributed by atoms with van der Waals surface area (Å²) in [4.78, 5) is 0. The number of aryl methyl sites for hydroxylation is 2. The molecule has 3 heteroatoms. The van der Waals surface area contributed by atoms with E-state index < -0.39 is 0 Å². The van der Waals surface area contributed by atoms with E-state index in [1.54, 1.807) is 0 Å². The van der Waals surface area contributed by atoms with Gasteiger partial charge in [0.1, 0.15) is 0 Å². The molecule has 0 fully saturated rings. The first kappa shape index (κ1) is 8.41. The second kappa shape index (κ2) is 2.79. The number of benzene rings is 1. The average Bonchev–Trinajstić information content (AvgIpc) is 2.61. The minimum atomic E-state index is 0.972. The van der Waals surface area contributed by atoms with Crippen LogP contribution in [0.2, 0.25) is 0 Å². The van der Waals surface area contributed by atoms with Crippen molar-refractivity contribution in [1.29, 1.82) is 0 Å². The Kier molecular flexibility index (Phi) is 1.57. The Labute approximate surface area is 87.3 Å². The molecular formula is C12H11N3. The standard InChI is InChI=1S/C12H11N3/c1-8-4-3-5-10-6-7-11-9(2)13-14-15(11)12(8)10/h3-7H,1-2H3. The van der Waals surface area contributed by atoms with Crippen molar-refractivity contribution in [2.24, 2.45) is 0 Å². The maximum Gasteiger partial charge on any atom is 0.0901 e. The number of aromatic nitrogens is 3. The van der Waals surface area contributed by atoms with E-state index in [0.29, 0.717) is 0 Å². The van der Waals surface area contributed by atoms with Gasteiger partial charge in [-0.25, -0.2) is 4.52 Å². The second-order valence-electron chi connectivity index (χ2n) is 3.82. The molecule has 0 atom stereocenters. The van der Waals surface area contributed by atoms with Crippen LogP contribution in [0.4, 0.5) is 0 Å². The summed E-state index contributed by atoms with van der Waals surface area (Å²) in [6, 6.07) is 10.4. The quantitative estimate of drug-likeness (QED) is 0.554. The number of rotatable bonds is 0. The minimum absolute atomic E-state index is 0.972. The van der Waals surface area contributed by atoms with E-state index in [9.17, 15) is 0 Å². The number of pyridine rings is 1. The molecule has 0 N–H and O–H groups in total. The predicted molar refractivity (Wildman–Crippen MR) is 60.0 cm³/mol. The molecule has 3 aromatic rings. The summed E-state index contributed by atoms with van der Waals surface area (Å²) in [7, 11) is 0. The fourth-order valence-electron chi connectivity index (χ4n) is 2.00. The first-order chi connectivity index (χ1) is 7.27. The Hall–Kier alpha value is -1.90. The van der Waals surface area contributed by atoms with Crippen molar-refractivity contribution < 1.29 is 0 Å². The van der Waals surface area contributed by atoms with E-state index in [-0.39, 0.29) is 0 Å². The van der Waals surface area contributed by atoms with Gasteiger partial charge in [0.05, 0.1) is 16.7 Å². The Morgan fingerprint density at radius 1 is 1.07 bits per heavy atom. The van der Waals surface area contributed by atoms with Gasteiger partial charge in [0.2, 0.25) is 0 Å². The molecule has 1 aromatic carbocycles.